The molecule has 0 bridgehead atoms. The molecule has 1 fully saturated rings. The van der Waals surface area contributed by atoms with Gasteiger partial charge in [-0.2, -0.15) is 0 Å². The molecule has 184 valence electrons. The lowest BCUT2D eigenvalue weighted by Crippen LogP contribution is -2.54. The third kappa shape index (κ3) is 6.41. The third-order valence-corrected chi connectivity index (χ3v) is 6.66. The zero-order chi connectivity index (χ0) is 24.2. The molecule has 1 aromatic carbocycles. The van der Waals surface area contributed by atoms with Crippen LogP contribution in [0.25, 0.3) is 0 Å². The highest BCUT2D eigenvalue weighted by atomic mass is 79.9. The Morgan fingerprint density at radius 1 is 1.27 bits per heavy atom. The van der Waals surface area contributed by atoms with Crippen molar-refractivity contribution in [3.63, 3.8) is 0 Å². The van der Waals surface area contributed by atoms with Gasteiger partial charge in [-0.25, -0.2) is 4.79 Å². The van der Waals surface area contributed by atoms with Crippen LogP contribution in [0.1, 0.15) is 71.4 Å². The SMILES string of the molecule is CCOC(=O)CC1(C)c2cc(Br)c(OCC3CCCCO3)cc2CCN1C(=O)OC(C)(C)C. The molecule has 8 heteroatoms. The second kappa shape index (κ2) is 10.6. The van der Waals surface area contributed by atoms with Gasteiger partial charge in [0.15, 0.2) is 0 Å². The molecule has 2 unspecified atom stereocenters. The van der Waals surface area contributed by atoms with Crippen molar-refractivity contribution in [2.45, 2.75) is 84.0 Å². The van der Waals surface area contributed by atoms with Gasteiger partial charge in [-0.05, 0) is 99.5 Å². The Morgan fingerprint density at radius 2 is 2.03 bits per heavy atom. The molecule has 0 radical (unpaired) electrons. The number of carbonyl (C=O) groups excluding carboxylic acids is 2. The van der Waals surface area contributed by atoms with Gasteiger partial charge in [0.25, 0.3) is 0 Å². The Hall–Kier alpha value is -1.80. The van der Waals surface area contributed by atoms with E-state index in [1.54, 1.807) is 11.8 Å². The quantitative estimate of drug-likeness (QED) is 0.465. The summed E-state index contributed by atoms with van der Waals surface area (Å²) in [6.45, 7) is 11.2. The molecule has 1 amide bonds. The number of hydrogen-bond donors (Lipinski definition) is 0. The van der Waals surface area contributed by atoms with Crippen LogP contribution in [0.5, 0.6) is 5.75 Å². The minimum absolute atomic E-state index is 0.0373. The number of hydrogen-bond acceptors (Lipinski definition) is 6. The molecule has 1 saturated heterocycles. The maximum Gasteiger partial charge on any atom is 0.411 e. The lowest BCUT2D eigenvalue weighted by Gasteiger charge is -2.45. The molecular weight excluding hydrogens is 490 g/mol. The normalized spacial score (nSPS) is 23.0. The zero-order valence-electron chi connectivity index (χ0n) is 20.4. The highest BCUT2D eigenvalue weighted by molar-refractivity contribution is 9.10. The molecular formula is C25H36BrNO6. The number of ether oxygens (including phenoxy) is 4. The van der Waals surface area contributed by atoms with E-state index in [4.69, 9.17) is 18.9 Å². The maximum atomic E-state index is 13.1. The molecule has 0 aromatic heterocycles. The van der Waals surface area contributed by atoms with Crippen molar-refractivity contribution < 1.29 is 28.5 Å². The van der Waals surface area contributed by atoms with Crippen molar-refractivity contribution >= 4 is 28.0 Å². The van der Waals surface area contributed by atoms with Gasteiger partial charge in [-0.3, -0.25) is 9.69 Å². The first-order valence-corrected chi connectivity index (χ1v) is 12.6. The van der Waals surface area contributed by atoms with Gasteiger partial charge in [0, 0.05) is 13.2 Å². The number of halogens is 1. The van der Waals surface area contributed by atoms with Gasteiger partial charge in [-0.1, -0.05) is 0 Å². The summed E-state index contributed by atoms with van der Waals surface area (Å²) in [5.41, 5.74) is 0.391. The van der Waals surface area contributed by atoms with Crippen LogP contribution in [-0.4, -0.2) is 55.0 Å². The number of nitrogens with zero attached hydrogens (tertiary/aromatic N) is 1. The first kappa shape index (κ1) is 25.8. The third-order valence-electron chi connectivity index (χ3n) is 6.04. The van der Waals surface area contributed by atoms with Crippen LogP contribution >= 0.6 is 15.9 Å². The smallest absolute Gasteiger partial charge is 0.411 e. The van der Waals surface area contributed by atoms with Crippen LogP contribution in [0.4, 0.5) is 4.79 Å². The van der Waals surface area contributed by atoms with Crippen LogP contribution in [0.3, 0.4) is 0 Å². The maximum absolute atomic E-state index is 13.1. The standard InChI is InChI=1S/C25H36BrNO6/c1-6-30-22(28)15-25(5)19-14-20(26)21(32-16-18-9-7-8-12-31-18)13-17(19)10-11-27(25)23(29)33-24(2,3)4/h13-14,18H,6-12,15-16H2,1-5H3. The molecule has 2 aliphatic rings. The summed E-state index contributed by atoms with van der Waals surface area (Å²) < 4.78 is 23.6. The van der Waals surface area contributed by atoms with Crippen molar-refractivity contribution in [1.82, 2.24) is 4.90 Å². The van der Waals surface area contributed by atoms with Gasteiger partial charge < -0.3 is 18.9 Å². The monoisotopic (exact) mass is 525 g/mol. The van der Waals surface area contributed by atoms with Gasteiger partial charge in [0.1, 0.15) is 18.0 Å². The van der Waals surface area contributed by atoms with E-state index >= 15 is 0 Å². The molecule has 0 saturated carbocycles. The van der Waals surface area contributed by atoms with E-state index in [9.17, 15) is 9.59 Å². The van der Waals surface area contributed by atoms with E-state index in [0.29, 0.717) is 19.6 Å². The fourth-order valence-electron chi connectivity index (χ4n) is 4.45. The van der Waals surface area contributed by atoms with E-state index in [1.165, 1.54) is 0 Å². The summed E-state index contributed by atoms with van der Waals surface area (Å²) >= 11 is 3.64. The summed E-state index contributed by atoms with van der Waals surface area (Å²) in [7, 11) is 0. The lowest BCUT2D eigenvalue weighted by atomic mass is 9.79. The second-order valence-corrected chi connectivity index (χ2v) is 10.7. The molecule has 33 heavy (non-hydrogen) atoms. The lowest BCUT2D eigenvalue weighted by molar-refractivity contribution is -0.146. The van der Waals surface area contributed by atoms with Gasteiger partial charge in [-0.15, -0.1) is 0 Å². The fourth-order valence-corrected chi connectivity index (χ4v) is 4.91. The minimum atomic E-state index is -0.907. The van der Waals surface area contributed by atoms with Crippen LogP contribution in [-0.2, 0) is 31.0 Å². The van der Waals surface area contributed by atoms with Crippen LogP contribution in [0.15, 0.2) is 16.6 Å². The Balaban J connectivity index is 1.90. The molecule has 0 spiro atoms. The van der Waals surface area contributed by atoms with Crippen LogP contribution < -0.4 is 4.74 Å². The number of carbonyl (C=O) groups is 2. The first-order chi connectivity index (χ1) is 15.5. The van der Waals surface area contributed by atoms with E-state index < -0.39 is 17.2 Å². The number of benzene rings is 1. The predicted octanol–water partition coefficient (Wildman–Crippen LogP) is 5.36. The molecule has 1 aromatic rings. The number of amides is 1. The van der Waals surface area contributed by atoms with Gasteiger partial charge in [0.2, 0.25) is 0 Å². The Labute approximate surface area is 205 Å². The summed E-state index contributed by atoms with van der Waals surface area (Å²) in [6, 6.07) is 3.97. The Morgan fingerprint density at radius 3 is 2.67 bits per heavy atom. The molecule has 0 N–H and O–H groups in total. The molecule has 0 aliphatic carbocycles. The highest BCUT2D eigenvalue weighted by Gasteiger charge is 2.45. The molecule has 7 nitrogen and oxygen atoms in total. The van der Waals surface area contributed by atoms with Crippen molar-refractivity contribution in [2.75, 3.05) is 26.4 Å². The van der Waals surface area contributed by atoms with Crippen molar-refractivity contribution in [3.05, 3.63) is 27.7 Å². The molecule has 2 aliphatic heterocycles. The summed E-state index contributed by atoms with van der Waals surface area (Å²) in [5.74, 6) is 0.388. The minimum Gasteiger partial charge on any atom is -0.490 e. The molecule has 3 rings (SSSR count). The average Bonchev–Trinajstić information content (AvgIpc) is 2.72. The fraction of sp³-hybridized carbons (Fsp3) is 0.680. The molecule has 2 heterocycles. The Kier molecular flexibility index (Phi) is 8.32. The van der Waals surface area contributed by atoms with Gasteiger partial charge >= 0.3 is 12.1 Å². The summed E-state index contributed by atoms with van der Waals surface area (Å²) in [5, 5.41) is 0. The first-order valence-electron chi connectivity index (χ1n) is 11.8. The number of esters is 1. The summed E-state index contributed by atoms with van der Waals surface area (Å²) in [4.78, 5) is 27.3. The summed E-state index contributed by atoms with van der Waals surface area (Å²) in [6.07, 6.45) is 3.61. The van der Waals surface area contributed by atoms with E-state index in [2.05, 4.69) is 15.9 Å². The van der Waals surface area contributed by atoms with E-state index in [0.717, 1.165) is 47.2 Å². The number of rotatable bonds is 6. The topological polar surface area (TPSA) is 74.3 Å². The molecule has 2 atom stereocenters. The zero-order valence-corrected chi connectivity index (χ0v) is 22.0. The van der Waals surface area contributed by atoms with Crippen molar-refractivity contribution in [1.29, 1.82) is 0 Å². The predicted molar refractivity (Wildman–Crippen MR) is 128 cm³/mol. The van der Waals surface area contributed by atoms with Crippen LogP contribution in [0, 0.1) is 0 Å². The van der Waals surface area contributed by atoms with Crippen molar-refractivity contribution in [2.24, 2.45) is 0 Å². The van der Waals surface area contributed by atoms with Crippen molar-refractivity contribution in [3.8, 4) is 5.75 Å². The Bertz CT molecular complexity index is 861. The second-order valence-electron chi connectivity index (χ2n) is 9.88. The largest absolute Gasteiger partial charge is 0.490 e. The average molecular weight is 526 g/mol. The highest BCUT2D eigenvalue weighted by Crippen LogP contribution is 2.43. The van der Waals surface area contributed by atoms with Crippen LogP contribution in [0.2, 0.25) is 0 Å². The van der Waals surface area contributed by atoms with E-state index in [-0.39, 0.29) is 25.1 Å². The number of fused-ring (bicyclic) bond motifs is 1. The van der Waals surface area contributed by atoms with E-state index in [1.807, 2.05) is 39.8 Å². The van der Waals surface area contributed by atoms with Gasteiger partial charge in [0.05, 0.1) is 29.1 Å².